The molecule has 0 spiro atoms. The van der Waals surface area contributed by atoms with Crippen LogP contribution in [0.4, 0.5) is 0 Å². The van der Waals surface area contributed by atoms with Crippen LogP contribution in [0.5, 0.6) is 0 Å². The van der Waals surface area contributed by atoms with Gasteiger partial charge in [0.05, 0.1) is 19.4 Å². The fourth-order valence-corrected chi connectivity index (χ4v) is 2.97. The molecule has 0 amide bonds. The van der Waals surface area contributed by atoms with Crippen molar-refractivity contribution in [2.45, 2.75) is 65.0 Å². The quantitative estimate of drug-likeness (QED) is 0.345. The highest BCUT2D eigenvalue weighted by atomic mass is 16.3. The van der Waals surface area contributed by atoms with E-state index in [-0.39, 0.29) is 6.61 Å². The summed E-state index contributed by atoms with van der Waals surface area (Å²) in [4.78, 5) is 0. The van der Waals surface area contributed by atoms with E-state index >= 15 is 0 Å². The van der Waals surface area contributed by atoms with Crippen molar-refractivity contribution in [2.24, 2.45) is 0 Å². The number of likely N-dealkylation sites (N-methyl/N-ethyl adjacent to an activating group) is 1. The number of nitrogens with zero attached hydrogens (tertiary/aromatic N) is 1. The Bertz CT molecular complexity index is 301. The van der Waals surface area contributed by atoms with E-state index in [1.54, 1.807) is 0 Å². The molecule has 1 aliphatic rings. The Hall–Kier alpha value is -0.800. The molecule has 0 saturated heterocycles. The number of aliphatic hydroxyl groups excluding tert-OH is 1. The molecule has 2 N–H and O–H groups in total. The minimum absolute atomic E-state index is 0.258. The number of quaternary nitrogens is 1. The van der Waals surface area contributed by atoms with Gasteiger partial charge in [0.15, 0.2) is 6.17 Å². The molecule has 0 aliphatic carbocycles. The Kier molecular flexibility index (Phi) is 8.63. The molecule has 2 unspecified atom stereocenters. The topological polar surface area (TPSA) is 32.3 Å². The molecule has 0 fully saturated rings. The van der Waals surface area contributed by atoms with E-state index in [9.17, 15) is 5.11 Å². The van der Waals surface area contributed by atoms with Crippen LogP contribution < -0.4 is 5.32 Å². The van der Waals surface area contributed by atoms with Crippen LogP contribution >= 0.6 is 0 Å². The monoisotopic (exact) mass is 281 g/mol. The van der Waals surface area contributed by atoms with E-state index in [2.05, 4.69) is 43.7 Å². The maximum absolute atomic E-state index is 9.26. The van der Waals surface area contributed by atoms with Crippen molar-refractivity contribution in [1.29, 1.82) is 0 Å². The fraction of sp³-hybridized carbons (Fsp3) is 0.765. The average Bonchev–Trinajstić information content (AvgIpc) is 2.86. The van der Waals surface area contributed by atoms with Crippen LogP contribution in [0.15, 0.2) is 24.6 Å². The fourth-order valence-electron chi connectivity index (χ4n) is 2.97. The summed E-state index contributed by atoms with van der Waals surface area (Å²) in [6.45, 7) is 6.57. The van der Waals surface area contributed by atoms with E-state index in [0.717, 1.165) is 17.6 Å². The van der Waals surface area contributed by atoms with Crippen LogP contribution in [0, 0.1) is 0 Å². The lowest BCUT2D eigenvalue weighted by Crippen LogP contribution is -2.54. The third-order valence-corrected chi connectivity index (χ3v) is 4.38. The number of unbranched alkanes of at least 4 members (excludes halogenated alkanes) is 4. The van der Waals surface area contributed by atoms with Gasteiger partial charge in [-0.05, 0) is 32.6 Å². The first-order valence-electron chi connectivity index (χ1n) is 8.35. The highest BCUT2D eigenvalue weighted by molar-refractivity contribution is 4.86. The van der Waals surface area contributed by atoms with Crippen molar-refractivity contribution in [1.82, 2.24) is 5.32 Å². The van der Waals surface area contributed by atoms with E-state index < -0.39 is 0 Å². The first-order chi connectivity index (χ1) is 9.79. The molecular weight excluding hydrogens is 248 g/mol. The second kappa shape index (κ2) is 10.0. The maximum Gasteiger partial charge on any atom is 0.166 e. The third-order valence-electron chi connectivity index (χ3n) is 4.38. The van der Waals surface area contributed by atoms with Gasteiger partial charge in [-0.15, -0.1) is 0 Å². The molecule has 3 nitrogen and oxygen atoms in total. The normalized spacial score (nSPS) is 25.4. The van der Waals surface area contributed by atoms with Crippen molar-refractivity contribution in [2.75, 3.05) is 19.7 Å². The zero-order chi connectivity index (χ0) is 14.7. The van der Waals surface area contributed by atoms with Crippen molar-refractivity contribution in [3.05, 3.63) is 24.6 Å². The second-order valence-electron chi connectivity index (χ2n) is 5.76. The third kappa shape index (κ3) is 5.29. The van der Waals surface area contributed by atoms with Crippen LogP contribution in [0.2, 0.25) is 0 Å². The molecule has 0 saturated carbocycles. The summed E-state index contributed by atoms with van der Waals surface area (Å²) in [5.41, 5.74) is 0. The summed E-state index contributed by atoms with van der Waals surface area (Å²) in [7, 11) is 0. The van der Waals surface area contributed by atoms with Gasteiger partial charge in [0.25, 0.3) is 0 Å². The van der Waals surface area contributed by atoms with Gasteiger partial charge < -0.3 is 10.4 Å². The lowest BCUT2D eigenvalue weighted by Gasteiger charge is -2.36. The lowest BCUT2D eigenvalue weighted by atomic mass is 10.1. The molecule has 0 radical (unpaired) electrons. The molecule has 20 heavy (non-hydrogen) atoms. The highest BCUT2D eigenvalue weighted by Crippen LogP contribution is 2.22. The number of rotatable bonds is 11. The van der Waals surface area contributed by atoms with Crippen molar-refractivity contribution >= 4 is 0 Å². The Balaban J connectivity index is 2.21. The zero-order valence-electron chi connectivity index (χ0n) is 13.4. The SMILES string of the molecule is CCCCC/C=C/CCCC1NC=C[N+]1(CC)CCO. The van der Waals surface area contributed by atoms with Gasteiger partial charge in [0.1, 0.15) is 12.7 Å². The van der Waals surface area contributed by atoms with E-state index in [1.807, 2.05) is 0 Å². The van der Waals surface area contributed by atoms with E-state index in [0.29, 0.717) is 6.17 Å². The Labute approximate surface area is 125 Å². The molecule has 2 atom stereocenters. The van der Waals surface area contributed by atoms with Crippen LogP contribution in [0.3, 0.4) is 0 Å². The summed E-state index contributed by atoms with van der Waals surface area (Å²) in [5, 5.41) is 12.7. The Morgan fingerprint density at radius 1 is 1.15 bits per heavy atom. The molecule has 0 bridgehead atoms. The zero-order valence-corrected chi connectivity index (χ0v) is 13.4. The first-order valence-corrected chi connectivity index (χ1v) is 8.35. The number of hydrogen-bond donors (Lipinski definition) is 2. The number of nitrogens with one attached hydrogen (secondary N) is 1. The molecule has 116 valence electrons. The van der Waals surface area contributed by atoms with E-state index in [1.165, 1.54) is 44.9 Å². The predicted octanol–water partition coefficient (Wildman–Crippen LogP) is 3.52. The van der Waals surface area contributed by atoms with Crippen molar-refractivity contribution in [3.8, 4) is 0 Å². The molecule has 0 aromatic heterocycles. The smallest absolute Gasteiger partial charge is 0.166 e. The molecule has 1 rings (SSSR count). The largest absolute Gasteiger partial charge is 0.390 e. The highest BCUT2D eigenvalue weighted by Gasteiger charge is 2.35. The molecule has 0 aromatic rings. The number of aliphatic hydroxyl groups is 1. The van der Waals surface area contributed by atoms with Gasteiger partial charge in [-0.2, -0.15) is 0 Å². The number of hydrogen-bond acceptors (Lipinski definition) is 2. The Morgan fingerprint density at radius 3 is 2.55 bits per heavy atom. The van der Waals surface area contributed by atoms with Crippen LogP contribution in [-0.4, -0.2) is 35.5 Å². The lowest BCUT2D eigenvalue weighted by molar-refractivity contribution is -0.900. The minimum atomic E-state index is 0.258. The van der Waals surface area contributed by atoms with Gasteiger partial charge in [-0.25, -0.2) is 0 Å². The standard InChI is InChI=1S/C17H33N2O/c1-3-5-6-7-8-9-10-11-12-17-18-13-14-19(17,4-2)15-16-20/h8-9,13-14,17-18,20H,3-7,10-12,15-16H2,1-2H3/q+1/b9-8+. The number of allylic oxidation sites excluding steroid dienone is 2. The van der Waals surface area contributed by atoms with Gasteiger partial charge in [0.2, 0.25) is 0 Å². The van der Waals surface area contributed by atoms with Gasteiger partial charge in [0, 0.05) is 6.42 Å². The predicted molar refractivity (Wildman–Crippen MR) is 86.0 cm³/mol. The summed E-state index contributed by atoms with van der Waals surface area (Å²) >= 11 is 0. The first kappa shape index (κ1) is 17.3. The summed E-state index contributed by atoms with van der Waals surface area (Å²) in [6, 6.07) is 0. The van der Waals surface area contributed by atoms with E-state index in [4.69, 9.17) is 0 Å². The second-order valence-corrected chi connectivity index (χ2v) is 5.76. The van der Waals surface area contributed by atoms with Crippen LogP contribution in [0.25, 0.3) is 0 Å². The van der Waals surface area contributed by atoms with Gasteiger partial charge in [-0.3, -0.25) is 4.48 Å². The molecule has 1 aliphatic heterocycles. The summed E-state index contributed by atoms with van der Waals surface area (Å²) in [6.07, 6.45) is 18.2. The minimum Gasteiger partial charge on any atom is -0.390 e. The average molecular weight is 281 g/mol. The summed E-state index contributed by atoms with van der Waals surface area (Å²) < 4.78 is 0.886. The summed E-state index contributed by atoms with van der Waals surface area (Å²) in [5.74, 6) is 0. The molecule has 3 heteroatoms. The van der Waals surface area contributed by atoms with Crippen LogP contribution in [-0.2, 0) is 0 Å². The molecule has 1 heterocycles. The maximum atomic E-state index is 9.26. The molecule has 0 aromatic carbocycles. The Morgan fingerprint density at radius 2 is 1.90 bits per heavy atom. The van der Waals surface area contributed by atoms with Crippen molar-refractivity contribution in [3.63, 3.8) is 0 Å². The van der Waals surface area contributed by atoms with Gasteiger partial charge in [-0.1, -0.05) is 31.9 Å². The van der Waals surface area contributed by atoms with Gasteiger partial charge >= 0.3 is 0 Å². The molecular formula is C17H33N2O+. The van der Waals surface area contributed by atoms with Crippen molar-refractivity contribution < 1.29 is 9.59 Å². The van der Waals surface area contributed by atoms with Crippen LogP contribution in [0.1, 0.15) is 58.8 Å².